The molecule has 114 valence electrons. The zero-order valence-electron chi connectivity index (χ0n) is 13.6. The Morgan fingerprint density at radius 1 is 1.05 bits per heavy atom. The van der Waals surface area contributed by atoms with Crippen molar-refractivity contribution >= 4 is 12.0 Å². The van der Waals surface area contributed by atoms with Crippen LogP contribution in [0.1, 0.15) is 42.3 Å². The van der Waals surface area contributed by atoms with E-state index in [1.54, 1.807) is 12.1 Å². The molecular weight excluding hydrogens is 272 g/mol. The smallest absolute Gasteiger partial charge is 0.338 e. The Hall–Kier alpha value is -2.35. The van der Waals surface area contributed by atoms with Crippen LogP contribution in [0.25, 0.3) is 17.2 Å². The number of benzene rings is 2. The van der Waals surface area contributed by atoms with E-state index in [1.807, 2.05) is 39.0 Å². The van der Waals surface area contributed by atoms with E-state index in [4.69, 9.17) is 4.74 Å². The Morgan fingerprint density at radius 2 is 1.68 bits per heavy atom. The molecule has 2 rings (SSSR count). The Bertz CT molecular complexity index is 689. The van der Waals surface area contributed by atoms with Crippen LogP contribution in [0.3, 0.4) is 0 Å². The van der Waals surface area contributed by atoms with E-state index >= 15 is 0 Å². The van der Waals surface area contributed by atoms with Crippen LogP contribution in [0.4, 0.5) is 0 Å². The average Bonchev–Trinajstić information content (AvgIpc) is 2.45. The minimum atomic E-state index is -0.481. The molecule has 0 atom stereocenters. The summed E-state index contributed by atoms with van der Waals surface area (Å²) in [6, 6.07) is 13.8. The lowest BCUT2D eigenvalue weighted by Gasteiger charge is -2.19. The molecule has 0 unspecified atom stereocenters. The van der Waals surface area contributed by atoms with Crippen LogP contribution in [-0.2, 0) is 4.74 Å². The topological polar surface area (TPSA) is 26.3 Å². The lowest BCUT2D eigenvalue weighted by molar-refractivity contribution is 0.00696. The quantitative estimate of drug-likeness (QED) is 0.722. The lowest BCUT2D eigenvalue weighted by atomic mass is 9.99. The summed E-state index contributed by atoms with van der Waals surface area (Å²) in [4.78, 5) is 12.0. The molecule has 0 radical (unpaired) electrons. The van der Waals surface area contributed by atoms with Gasteiger partial charge in [-0.25, -0.2) is 4.79 Å². The van der Waals surface area contributed by atoms with E-state index in [0.717, 1.165) is 16.7 Å². The van der Waals surface area contributed by atoms with Gasteiger partial charge in [0.2, 0.25) is 0 Å². The minimum absolute atomic E-state index is 0.296. The number of ether oxygens (including phenoxy) is 1. The van der Waals surface area contributed by atoms with Crippen LogP contribution in [0.5, 0.6) is 0 Å². The third-order valence-corrected chi connectivity index (χ3v) is 3.19. The molecule has 2 aromatic carbocycles. The van der Waals surface area contributed by atoms with Crippen molar-refractivity contribution in [3.05, 3.63) is 65.7 Å². The first-order chi connectivity index (χ1) is 10.3. The van der Waals surface area contributed by atoms with Gasteiger partial charge in [-0.2, -0.15) is 0 Å². The second kappa shape index (κ2) is 6.18. The highest BCUT2D eigenvalue weighted by atomic mass is 16.6. The first kappa shape index (κ1) is 16.0. The molecule has 0 fully saturated rings. The Labute approximate surface area is 132 Å². The fraction of sp³-hybridized carbons (Fsp3) is 0.250. The number of aryl methyl sites for hydroxylation is 1. The minimum Gasteiger partial charge on any atom is -0.456 e. The second-order valence-corrected chi connectivity index (χ2v) is 6.42. The molecule has 0 aliphatic carbocycles. The van der Waals surface area contributed by atoms with Gasteiger partial charge in [0.05, 0.1) is 5.56 Å². The molecule has 0 saturated carbocycles. The predicted molar refractivity (Wildman–Crippen MR) is 91.9 cm³/mol. The third kappa shape index (κ3) is 4.08. The van der Waals surface area contributed by atoms with Crippen LogP contribution < -0.4 is 0 Å². The molecule has 0 bridgehead atoms. The lowest BCUT2D eigenvalue weighted by Crippen LogP contribution is -2.23. The molecule has 0 aliphatic heterocycles. The normalized spacial score (nSPS) is 11.1. The second-order valence-electron chi connectivity index (χ2n) is 6.42. The molecule has 2 aromatic rings. The number of hydrogen-bond acceptors (Lipinski definition) is 2. The van der Waals surface area contributed by atoms with Gasteiger partial charge in [-0.3, -0.25) is 0 Å². The van der Waals surface area contributed by atoms with Gasteiger partial charge in [0.1, 0.15) is 5.60 Å². The summed E-state index contributed by atoms with van der Waals surface area (Å²) >= 11 is 0. The van der Waals surface area contributed by atoms with E-state index in [1.165, 1.54) is 5.56 Å². The number of hydrogen-bond donors (Lipinski definition) is 0. The molecule has 2 nitrogen and oxygen atoms in total. The summed E-state index contributed by atoms with van der Waals surface area (Å²) < 4.78 is 5.37. The van der Waals surface area contributed by atoms with Crippen LogP contribution in [0.2, 0.25) is 0 Å². The van der Waals surface area contributed by atoms with Gasteiger partial charge in [-0.1, -0.05) is 36.9 Å². The Balaban J connectivity index is 2.27. The maximum absolute atomic E-state index is 12.0. The maximum atomic E-state index is 12.0. The molecule has 0 spiro atoms. The number of rotatable bonds is 3. The van der Waals surface area contributed by atoms with Crippen LogP contribution in [-0.4, -0.2) is 11.6 Å². The van der Waals surface area contributed by atoms with Gasteiger partial charge in [0.25, 0.3) is 0 Å². The average molecular weight is 294 g/mol. The number of carbonyl (C=O) groups is 1. The summed E-state index contributed by atoms with van der Waals surface area (Å²) in [5, 5.41) is 0. The highest BCUT2D eigenvalue weighted by Gasteiger charge is 2.17. The van der Waals surface area contributed by atoms with Crippen LogP contribution >= 0.6 is 0 Å². The fourth-order valence-electron chi connectivity index (χ4n) is 2.23. The standard InChI is InChI=1S/C20H22O2/c1-6-15-11-14(2)12-18(13-15)16-7-9-17(10-8-16)19(21)22-20(3,4)5/h6-13H,1H2,2-5H3. The zero-order valence-corrected chi connectivity index (χ0v) is 13.6. The zero-order chi connectivity index (χ0) is 16.3. The van der Waals surface area contributed by atoms with Crippen LogP contribution in [0.15, 0.2) is 49.0 Å². The number of carbonyl (C=O) groups excluding carboxylic acids is 1. The van der Waals surface area contributed by atoms with Gasteiger partial charge in [0, 0.05) is 0 Å². The van der Waals surface area contributed by atoms with Crippen LogP contribution in [0, 0.1) is 6.92 Å². The van der Waals surface area contributed by atoms with Gasteiger partial charge in [-0.05, 0) is 68.1 Å². The fourth-order valence-corrected chi connectivity index (χ4v) is 2.23. The van der Waals surface area contributed by atoms with E-state index in [0.29, 0.717) is 5.56 Å². The van der Waals surface area contributed by atoms with Gasteiger partial charge in [-0.15, -0.1) is 0 Å². The monoisotopic (exact) mass is 294 g/mol. The van der Waals surface area contributed by atoms with E-state index in [-0.39, 0.29) is 5.97 Å². The van der Waals surface area contributed by atoms with E-state index in [9.17, 15) is 4.79 Å². The summed E-state index contributed by atoms with van der Waals surface area (Å²) in [6.45, 7) is 11.5. The van der Waals surface area contributed by atoms with Crippen molar-refractivity contribution in [2.24, 2.45) is 0 Å². The molecule has 0 amide bonds. The molecule has 0 N–H and O–H groups in total. The van der Waals surface area contributed by atoms with Crippen molar-refractivity contribution in [3.63, 3.8) is 0 Å². The SMILES string of the molecule is C=Cc1cc(C)cc(-c2ccc(C(=O)OC(C)(C)C)cc2)c1. The van der Waals surface area contributed by atoms with E-state index in [2.05, 4.69) is 31.7 Å². The van der Waals surface area contributed by atoms with Gasteiger partial charge in [0.15, 0.2) is 0 Å². The highest BCUT2D eigenvalue weighted by Crippen LogP contribution is 2.24. The van der Waals surface area contributed by atoms with Crippen molar-refractivity contribution in [1.29, 1.82) is 0 Å². The highest BCUT2D eigenvalue weighted by molar-refractivity contribution is 5.90. The van der Waals surface area contributed by atoms with E-state index < -0.39 is 5.60 Å². The Morgan fingerprint density at radius 3 is 2.23 bits per heavy atom. The summed E-state index contributed by atoms with van der Waals surface area (Å²) in [5.41, 5.74) is 4.54. The van der Waals surface area contributed by atoms with Gasteiger partial charge >= 0.3 is 5.97 Å². The van der Waals surface area contributed by atoms with Crippen molar-refractivity contribution in [2.75, 3.05) is 0 Å². The Kier molecular flexibility index (Phi) is 4.51. The predicted octanol–water partition coefficient (Wildman–Crippen LogP) is 5.26. The van der Waals surface area contributed by atoms with Crippen molar-refractivity contribution < 1.29 is 9.53 Å². The molecule has 0 heterocycles. The van der Waals surface area contributed by atoms with Crippen molar-refractivity contribution in [2.45, 2.75) is 33.3 Å². The molecule has 2 heteroatoms. The summed E-state index contributed by atoms with van der Waals surface area (Å²) in [7, 11) is 0. The molecule has 0 aliphatic rings. The molecule has 0 aromatic heterocycles. The first-order valence-corrected chi connectivity index (χ1v) is 7.36. The largest absolute Gasteiger partial charge is 0.456 e. The summed E-state index contributed by atoms with van der Waals surface area (Å²) in [5.74, 6) is -0.296. The summed E-state index contributed by atoms with van der Waals surface area (Å²) in [6.07, 6.45) is 1.84. The molecule has 0 saturated heterocycles. The van der Waals surface area contributed by atoms with Crippen molar-refractivity contribution in [1.82, 2.24) is 0 Å². The third-order valence-electron chi connectivity index (χ3n) is 3.19. The van der Waals surface area contributed by atoms with Gasteiger partial charge < -0.3 is 4.74 Å². The number of esters is 1. The molecular formula is C20H22O2. The first-order valence-electron chi connectivity index (χ1n) is 7.36. The maximum Gasteiger partial charge on any atom is 0.338 e. The van der Waals surface area contributed by atoms with Crippen molar-refractivity contribution in [3.8, 4) is 11.1 Å². The molecule has 22 heavy (non-hydrogen) atoms.